The number of sulfonamides is 1. The van der Waals surface area contributed by atoms with Gasteiger partial charge in [0.2, 0.25) is 0 Å². The third kappa shape index (κ3) is 6.79. The standard InChI is InChI=1S/C26H31F2N5O3S/c1-6-21(24(29-7-2)33-16-17(3)14-26(33,4)5)25(34)32-37(35,36)23-10-8-9-22(31-23)30-15-18-11-19(27)13-20(28)12-18/h6-13,17H,1,14-16H2,2-5H3,(H,30,31)(H,32,34)/b24-21-,29-7-. The minimum atomic E-state index is -4.37. The molecule has 8 nitrogen and oxygen atoms in total. The quantitative estimate of drug-likeness (QED) is 0.283. The van der Waals surface area contributed by atoms with Crippen molar-refractivity contribution < 1.29 is 22.0 Å². The topological polar surface area (TPSA) is 104 Å². The van der Waals surface area contributed by atoms with E-state index in [0.717, 1.165) is 24.6 Å². The molecule has 0 saturated carbocycles. The molecule has 1 fully saturated rings. The fourth-order valence-electron chi connectivity index (χ4n) is 4.45. The van der Waals surface area contributed by atoms with Crippen molar-refractivity contribution in [3.63, 3.8) is 0 Å². The number of benzene rings is 1. The fourth-order valence-corrected chi connectivity index (χ4v) is 5.38. The molecule has 1 amide bonds. The van der Waals surface area contributed by atoms with Crippen molar-refractivity contribution in [2.75, 3.05) is 11.9 Å². The highest BCUT2D eigenvalue weighted by Crippen LogP contribution is 2.37. The van der Waals surface area contributed by atoms with Gasteiger partial charge < -0.3 is 10.2 Å². The number of amides is 1. The van der Waals surface area contributed by atoms with Crippen LogP contribution in [0, 0.1) is 17.6 Å². The van der Waals surface area contributed by atoms with E-state index < -0.39 is 32.6 Å². The van der Waals surface area contributed by atoms with Crippen LogP contribution in [0.2, 0.25) is 0 Å². The minimum Gasteiger partial charge on any atom is -0.366 e. The Bertz CT molecular complexity index is 1340. The van der Waals surface area contributed by atoms with Crippen molar-refractivity contribution in [3.05, 3.63) is 77.6 Å². The number of carbonyl (C=O) groups is 1. The molecule has 1 aliphatic heterocycles. The summed E-state index contributed by atoms with van der Waals surface area (Å²) in [5.74, 6) is -1.50. The summed E-state index contributed by atoms with van der Waals surface area (Å²) < 4.78 is 55.0. The number of likely N-dealkylation sites (tertiary alicyclic amines) is 1. The Balaban J connectivity index is 1.84. The van der Waals surface area contributed by atoms with Crippen molar-refractivity contribution >= 4 is 28.0 Å². The van der Waals surface area contributed by atoms with Crippen molar-refractivity contribution in [1.29, 1.82) is 0 Å². The lowest BCUT2D eigenvalue weighted by molar-refractivity contribution is -0.115. The van der Waals surface area contributed by atoms with Crippen LogP contribution >= 0.6 is 0 Å². The number of rotatable bonds is 9. The highest BCUT2D eigenvalue weighted by atomic mass is 32.2. The van der Waals surface area contributed by atoms with Crippen LogP contribution < -0.4 is 10.0 Å². The maximum atomic E-state index is 13.4. The van der Waals surface area contributed by atoms with Crippen LogP contribution in [0.1, 0.15) is 39.7 Å². The Labute approximate surface area is 216 Å². The number of aromatic nitrogens is 1. The number of nitrogens with zero attached hydrogens (tertiary/aromatic N) is 3. The molecule has 3 rings (SSSR count). The molecule has 1 atom stereocenters. The zero-order valence-corrected chi connectivity index (χ0v) is 22.1. The van der Waals surface area contributed by atoms with Crippen molar-refractivity contribution in [2.24, 2.45) is 10.9 Å². The van der Waals surface area contributed by atoms with Gasteiger partial charge in [0.15, 0.2) is 5.03 Å². The number of hydrogen-bond acceptors (Lipinski definition) is 7. The van der Waals surface area contributed by atoms with E-state index in [0.29, 0.717) is 23.8 Å². The Morgan fingerprint density at radius 2 is 1.95 bits per heavy atom. The highest BCUT2D eigenvalue weighted by molar-refractivity contribution is 7.90. The molecule has 37 heavy (non-hydrogen) atoms. The van der Waals surface area contributed by atoms with Crippen molar-refractivity contribution in [2.45, 2.75) is 51.2 Å². The first-order valence-electron chi connectivity index (χ1n) is 11.7. The van der Waals surface area contributed by atoms with Crippen LogP contribution in [0.15, 0.2) is 70.5 Å². The fraction of sp³-hybridized carbons (Fsp3) is 0.346. The van der Waals surface area contributed by atoms with Crippen LogP contribution in [0.4, 0.5) is 14.6 Å². The second-order valence-corrected chi connectivity index (χ2v) is 11.1. The largest absolute Gasteiger partial charge is 0.366 e. The maximum Gasteiger partial charge on any atom is 0.281 e. The van der Waals surface area contributed by atoms with E-state index in [9.17, 15) is 22.0 Å². The summed E-state index contributed by atoms with van der Waals surface area (Å²) in [6.45, 7) is 12.3. The molecule has 2 heterocycles. The molecule has 1 aromatic heterocycles. The van der Waals surface area contributed by atoms with E-state index in [2.05, 4.69) is 33.5 Å². The SMILES string of the molecule is C=C/C(C(=O)NS(=O)(=O)c1cccc(NCc2cc(F)cc(F)c2)n1)=C(\N=C/C)N1CC(C)CC1(C)C. The van der Waals surface area contributed by atoms with Crippen molar-refractivity contribution in [3.8, 4) is 0 Å². The first kappa shape index (κ1) is 28.0. The number of pyridine rings is 1. The lowest BCUT2D eigenvalue weighted by Crippen LogP contribution is -2.40. The van der Waals surface area contributed by atoms with Crippen LogP contribution in [0.5, 0.6) is 0 Å². The molecule has 0 bridgehead atoms. The third-order valence-electron chi connectivity index (χ3n) is 5.89. The van der Waals surface area contributed by atoms with E-state index in [-0.39, 0.29) is 23.5 Å². The molecule has 198 valence electrons. The molecule has 2 aromatic rings. The highest BCUT2D eigenvalue weighted by Gasteiger charge is 2.39. The van der Waals surface area contributed by atoms with Gasteiger partial charge in [-0.05, 0) is 62.9 Å². The summed E-state index contributed by atoms with van der Waals surface area (Å²) in [4.78, 5) is 23.6. The van der Waals surface area contributed by atoms with Gasteiger partial charge in [-0.2, -0.15) is 8.42 Å². The van der Waals surface area contributed by atoms with Crippen LogP contribution in [-0.2, 0) is 21.4 Å². The lowest BCUT2D eigenvalue weighted by atomic mass is 9.97. The number of carbonyl (C=O) groups excluding carboxylic acids is 1. The van der Waals surface area contributed by atoms with Gasteiger partial charge in [-0.15, -0.1) is 0 Å². The van der Waals surface area contributed by atoms with Crippen molar-refractivity contribution in [1.82, 2.24) is 14.6 Å². The normalized spacial score (nSPS) is 18.0. The Hall–Kier alpha value is -3.60. The molecular formula is C26H31F2N5O3S. The number of nitrogens with one attached hydrogen (secondary N) is 2. The molecule has 11 heteroatoms. The van der Waals surface area contributed by atoms with E-state index in [1.54, 1.807) is 13.1 Å². The molecule has 0 spiro atoms. The molecule has 1 aromatic carbocycles. The monoisotopic (exact) mass is 531 g/mol. The summed E-state index contributed by atoms with van der Waals surface area (Å²) >= 11 is 0. The molecule has 2 N–H and O–H groups in total. The Morgan fingerprint density at radius 1 is 1.27 bits per heavy atom. The number of hydrogen-bond donors (Lipinski definition) is 2. The van der Waals surface area contributed by atoms with Gasteiger partial charge in [0, 0.05) is 30.9 Å². The molecule has 1 saturated heterocycles. The Kier molecular flexibility index (Phi) is 8.47. The van der Waals surface area contributed by atoms with Gasteiger partial charge in [-0.25, -0.2) is 23.5 Å². The van der Waals surface area contributed by atoms with Gasteiger partial charge in [0.05, 0.1) is 5.57 Å². The molecule has 0 radical (unpaired) electrons. The smallest absolute Gasteiger partial charge is 0.281 e. The second kappa shape index (κ2) is 11.2. The van der Waals surface area contributed by atoms with E-state index >= 15 is 0 Å². The first-order valence-corrected chi connectivity index (χ1v) is 13.2. The predicted molar refractivity (Wildman–Crippen MR) is 139 cm³/mol. The third-order valence-corrected chi connectivity index (χ3v) is 7.12. The summed E-state index contributed by atoms with van der Waals surface area (Å²) in [5.41, 5.74) is 0.0388. The molecule has 1 unspecified atom stereocenters. The second-order valence-electron chi connectivity index (χ2n) is 9.49. The van der Waals surface area contributed by atoms with E-state index in [1.807, 2.05) is 18.7 Å². The summed E-state index contributed by atoms with van der Waals surface area (Å²) in [5, 5.41) is 2.42. The van der Waals surface area contributed by atoms with Gasteiger partial charge in [-0.3, -0.25) is 4.79 Å². The summed E-state index contributed by atoms with van der Waals surface area (Å²) in [6, 6.07) is 7.22. The lowest BCUT2D eigenvalue weighted by Gasteiger charge is -2.34. The zero-order valence-electron chi connectivity index (χ0n) is 21.3. The van der Waals surface area contributed by atoms with Gasteiger partial charge in [-0.1, -0.05) is 25.6 Å². The molecule has 1 aliphatic rings. The van der Waals surface area contributed by atoms with Gasteiger partial charge in [0.1, 0.15) is 23.3 Å². The average molecular weight is 532 g/mol. The zero-order chi connectivity index (χ0) is 27.4. The maximum absolute atomic E-state index is 13.4. The number of halogens is 2. The summed E-state index contributed by atoms with van der Waals surface area (Å²) in [7, 11) is -4.37. The van der Waals surface area contributed by atoms with Crippen LogP contribution in [0.25, 0.3) is 0 Å². The van der Waals surface area contributed by atoms with Gasteiger partial charge >= 0.3 is 0 Å². The average Bonchev–Trinajstić information content (AvgIpc) is 3.08. The summed E-state index contributed by atoms with van der Waals surface area (Å²) in [6.07, 6.45) is 3.71. The molecular weight excluding hydrogens is 500 g/mol. The Morgan fingerprint density at radius 3 is 2.51 bits per heavy atom. The van der Waals surface area contributed by atoms with Crippen LogP contribution in [-0.4, -0.2) is 42.5 Å². The van der Waals surface area contributed by atoms with Crippen LogP contribution in [0.3, 0.4) is 0 Å². The van der Waals surface area contributed by atoms with E-state index in [1.165, 1.54) is 24.3 Å². The number of aliphatic imine (C=N–C) groups is 1. The van der Waals surface area contributed by atoms with Gasteiger partial charge in [0.25, 0.3) is 15.9 Å². The predicted octanol–water partition coefficient (Wildman–Crippen LogP) is 4.39. The first-order chi connectivity index (χ1) is 17.4. The number of anilines is 1. The minimum absolute atomic E-state index is 0.00329. The molecule has 0 aliphatic carbocycles. The van der Waals surface area contributed by atoms with E-state index in [4.69, 9.17) is 0 Å².